The van der Waals surface area contributed by atoms with Crippen LogP contribution in [-0.2, 0) is 13.1 Å². The average Bonchev–Trinajstić information content (AvgIpc) is 3.32. The minimum absolute atomic E-state index is 0.967. The molecule has 0 aliphatic rings. The van der Waals surface area contributed by atoms with Crippen molar-refractivity contribution >= 4 is 65.2 Å². The van der Waals surface area contributed by atoms with Crippen LogP contribution < -0.4 is 0 Å². The van der Waals surface area contributed by atoms with Crippen LogP contribution in [0.1, 0.15) is 13.8 Å². The van der Waals surface area contributed by atoms with E-state index in [1.807, 2.05) is 0 Å². The number of aryl methyl sites for hydroxylation is 2. The fourth-order valence-corrected chi connectivity index (χ4v) is 5.82. The zero-order valence-corrected chi connectivity index (χ0v) is 18.4. The smallest absolute Gasteiger partial charge is 0.0497 e. The first-order valence-electron chi connectivity index (χ1n) is 11.6. The Labute approximate surface area is 186 Å². The summed E-state index contributed by atoms with van der Waals surface area (Å²) >= 11 is 0. The molecule has 0 atom stereocenters. The summed E-state index contributed by atoms with van der Waals surface area (Å²) in [5.74, 6) is 0. The minimum atomic E-state index is 0.967. The van der Waals surface area contributed by atoms with Gasteiger partial charge in [-0.25, -0.2) is 0 Å². The first-order chi connectivity index (χ1) is 15.8. The monoisotopic (exact) mass is 412 g/mol. The molecule has 0 unspecified atom stereocenters. The lowest BCUT2D eigenvalue weighted by molar-refractivity contribution is 0.827. The first kappa shape index (κ1) is 17.9. The number of fused-ring (bicyclic) bond motifs is 9. The highest BCUT2D eigenvalue weighted by Gasteiger charge is 2.14. The topological polar surface area (TPSA) is 9.86 Å². The van der Waals surface area contributed by atoms with E-state index in [1.54, 1.807) is 0 Å². The van der Waals surface area contributed by atoms with Gasteiger partial charge in [-0.15, -0.1) is 0 Å². The van der Waals surface area contributed by atoms with Gasteiger partial charge in [-0.3, -0.25) is 0 Å². The molecule has 0 N–H and O–H groups in total. The van der Waals surface area contributed by atoms with Crippen molar-refractivity contribution < 1.29 is 0 Å². The van der Waals surface area contributed by atoms with Gasteiger partial charge in [0.05, 0.1) is 0 Å². The summed E-state index contributed by atoms with van der Waals surface area (Å²) in [4.78, 5) is 0. The van der Waals surface area contributed by atoms with Gasteiger partial charge >= 0.3 is 0 Å². The zero-order valence-electron chi connectivity index (χ0n) is 18.4. The van der Waals surface area contributed by atoms with E-state index >= 15 is 0 Å². The average molecular weight is 413 g/mol. The normalized spacial score (nSPS) is 12.3. The summed E-state index contributed by atoms with van der Waals surface area (Å²) in [6.45, 7) is 6.41. The Morgan fingerprint density at radius 3 is 1.31 bits per heavy atom. The van der Waals surface area contributed by atoms with Gasteiger partial charge in [-0.05, 0) is 71.8 Å². The van der Waals surface area contributed by atoms with Crippen LogP contribution in [-0.4, -0.2) is 9.13 Å². The molecule has 2 nitrogen and oxygen atoms in total. The summed E-state index contributed by atoms with van der Waals surface area (Å²) in [6, 6.07) is 31.7. The molecule has 2 heteroatoms. The molecule has 154 valence electrons. The van der Waals surface area contributed by atoms with Crippen molar-refractivity contribution in [1.29, 1.82) is 0 Å². The summed E-state index contributed by atoms with van der Waals surface area (Å²) < 4.78 is 4.90. The molecule has 0 bridgehead atoms. The predicted octanol–water partition coefficient (Wildman–Crippen LogP) is 8.25. The molecular weight excluding hydrogens is 388 g/mol. The maximum atomic E-state index is 2.45. The number of hydrogen-bond acceptors (Lipinski definition) is 0. The van der Waals surface area contributed by atoms with Gasteiger partial charge in [-0.1, -0.05) is 48.5 Å². The molecule has 7 rings (SSSR count). The van der Waals surface area contributed by atoms with E-state index in [4.69, 9.17) is 0 Å². The predicted molar refractivity (Wildman–Crippen MR) is 139 cm³/mol. The standard InChI is InChI=1S/C30H24N2/c1-3-31-27-11-7-5-9-21(27)25-15-19-13-14-20-16-26-22-10-6-8-12-28(22)32(4-2)30(26)18-24(20)23(19)17-29(25)31/h5-18H,3-4H2,1-2H3. The number of hydrogen-bond donors (Lipinski definition) is 0. The molecule has 5 aromatic carbocycles. The Bertz CT molecular complexity index is 1710. The van der Waals surface area contributed by atoms with Gasteiger partial charge in [0.15, 0.2) is 0 Å². The van der Waals surface area contributed by atoms with Crippen molar-refractivity contribution in [3.05, 3.63) is 84.9 Å². The summed E-state index contributed by atoms with van der Waals surface area (Å²) in [5, 5.41) is 10.7. The highest BCUT2D eigenvalue weighted by Crippen LogP contribution is 2.38. The molecule has 7 aromatic rings. The van der Waals surface area contributed by atoms with Gasteiger partial charge in [0, 0.05) is 56.7 Å². The molecule has 2 aromatic heterocycles. The van der Waals surface area contributed by atoms with Crippen molar-refractivity contribution in [3.8, 4) is 0 Å². The van der Waals surface area contributed by atoms with E-state index in [9.17, 15) is 0 Å². The third-order valence-corrected chi connectivity index (χ3v) is 7.25. The van der Waals surface area contributed by atoms with E-state index < -0.39 is 0 Å². The van der Waals surface area contributed by atoms with Crippen LogP contribution in [0.4, 0.5) is 0 Å². The number of para-hydroxylation sites is 2. The van der Waals surface area contributed by atoms with Gasteiger partial charge in [0.1, 0.15) is 0 Å². The second kappa shape index (κ2) is 6.37. The molecule has 2 heterocycles. The van der Waals surface area contributed by atoms with E-state index in [0.717, 1.165) is 13.1 Å². The van der Waals surface area contributed by atoms with Gasteiger partial charge < -0.3 is 9.13 Å². The van der Waals surface area contributed by atoms with Crippen molar-refractivity contribution in [2.75, 3.05) is 0 Å². The second-order valence-electron chi connectivity index (χ2n) is 8.77. The quantitative estimate of drug-likeness (QED) is 0.253. The Morgan fingerprint density at radius 2 is 0.875 bits per heavy atom. The van der Waals surface area contributed by atoms with Crippen LogP contribution in [0.15, 0.2) is 84.9 Å². The van der Waals surface area contributed by atoms with Crippen molar-refractivity contribution in [3.63, 3.8) is 0 Å². The van der Waals surface area contributed by atoms with E-state index in [0.29, 0.717) is 0 Å². The fraction of sp³-hybridized carbons (Fsp3) is 0.133. The van der Waals surface area contributed by atoms with Crippen LogP contribution in [0.3, 0.4) is 0 Å². The Morgan fingerprint density at radius 1 is 0.438 bits per heavy atom. The Kier molecular flexibility index (Phi) is 3.55. The van der Waals surface area contributed by atoms with Gasteiger partial charge in [0.2, 0.25) is 0 Å². The second-order valence-corrected chi connectivity index (χ2v) is 8.77. The molecule has 0 saturated carbocycles. The van der Waals surface area contributed by atoms with Gasteiger partial charge in [-0.2, -0.15) is 0 Å². The fourth-order valence-electron chi connectivity index (χ4n) is 5.82. The van der Waals surface area contributed by atoms with Gasteiger partial charge in [0.25, 0.3) is 0 Å². The minimum Gasteiger partial charge on any atom is -0.341 e. The Hall–Kier alpha value is -3.78. The van der Waals surface area contributed by atoms with E-state index in [2.05, 4.69) is 108 Å². The molecule has 0 aliphatic carbocycles. The summed E-state index contributed by atoms with van der Waals surface area (Å²) in [6.07, 6.45) is 0. The van der Waals surface area contributed by atoms with Crippen LogP contribution in [0.5, 0.6) is 0 Å². The van der Waals surface area contributed by atoms with Crippen molar-refractivity contribution in [2.45, 2.75) is 26.9 Å². The summed E-state index contributed by atoms with van der Waals surface area (Å²) in [5.41, 5.74) is 5.28. The summed E-state index contributed by atoms with van der Waals surface area (Å²) in [7, 11) is 0. The lowest BCUT2D eigenvalue weighted by Crippen LogP contribution is -1.93. The molecule has 0 fully saturated rings. The van der Waals surface area contributed by atoms with E-state index in [1.165, 1.54) is 65.2 Å². The third kappa shape index (κ3) is 2.19. The maximum absolute atomic E-state index is 2.45. The highest BCUT2D eigenvalue weighted by atomic mass is 15.0. The third-order valence-electron chi connectivity index (χ3n) is 7.25. The van der Waals surface area contributed by atoms with Crippen LogP contribution in [0.25, 0.3) is 65.2 Å². The molecule has 32 heavy (non-hydrogen) atoms. The Balaban J connectivity index is 1.67. The zero-order chi connectivity index (χ0) is 21.4. The molecular formula is C30H24N2. The molecule has 0 radical (unpaired) electrons. The molecule has 0 saturated heterocycles. The van der Waals surface area contributed by atoms with E-state index in [-0.39, 0.29) is 0 Å². The number of rotatable bonds is 2. The molecule has 0 spiro atoms. The number of aromatic nitrogens is 2. The number of nitrogens with zero attached hydrogens (tertiary/aromatic N) is 2. The van der Waals surface area contributed by atoms with Crippen molar-refractivity contribution in [1.82, 2.24) is 9.13 Å². The first-order valence-corrected chi connectivity index (χ1v) is 11.6. The molecule has 0 amide bonds. The maximum Gasteiger partial charge on any atom is 0.0497 e. The lowest BCUT2D eigenvalue weighted by atomic mass is 9.98. The molecule has 0 aliphatic heterocycles. The highest BCUT2D eigenvalue weighted by molar-refractivity contribution is 6.21. The largest absolute Gasteiger partial charge is 0.341 e. The SMILES string of the molecule is CCn1c2ccccc2c2cc3ccc4cc5c6ccccc6n(CC)c5cc4c3cc21. The van der Waals surface area contributed by atoms with Crippen LogP contribution >= 0.6 is 0 Å². The lowest BCUT2D eigenvalue weighted by Gasteiger charge is -2.09. The van der Waals surface area contributed by atoms with Crippen LogP contribution in [0.2, 0.25) is 0 Å². The number of benzene rings is 5. The van der Waals surface area contributed by atoms with Crippen molar-refractivity contribution in [2.24, 2.45) is 0 Å². The van der Waals surface area contributed by atoms with Crippen LogP contribution in [0, 0.1) is 0 Å².